The summed E-state index contributed by atoms with van der Waals surface area (Å²) in [6.45, 7) is 1.95. The van der Waals surface area contributed by atoms with E-state index in [1.807, 2.05) is 13.0 Å². The molecular formula is C16H19N3O2S. The van der Waals surface area contributed by atoms with Gasteiger partial charge in [-0.25, -0.2) is 0 Å². The number of fused-ring (bicyclic) bond motifs is 1. The number of thioether (sulfide) groups is 1. The van der Waals surface area contributed by atoms with Crippen LogP contribution < -0.4 is 5.32 Å². The first kappa shape index (κ1) is 15.1. The summed E-state index contributed by atoms with van der Waals surface area (Å²) in [6.07, 6.45) is 3.91. The molecule has 1 aliphatic carbocycles. The number of hydrogen-bond donors (Lipinski definition) is 1. The molecule has 3 rings (SSSR count). The van der Waals surface area contributed by atoms with Crippen LogP contribution in [0.3, 0.4) is 0 Å². The van der Waals surface area contributed by atoms with E-state index in [0.29, 0.717) is 23.3 Å². The van der Waals surface area contributed by atoms with Crippen molar-refractivity contribution in [2.75, 3.05) is 5.75 Å². The van der Waals surface area contributed by atoms with Crippen LogP contribution in [0.5, 0.6) is 0 Å². The Hall–Kier alpha value is -1.82. The topological polar surface area (TPSA) is 68.0 Å². The Kier molecular flexibility index (Phi) is 4.77. The Balaban J connectivity index is 1.56. The average Bonchev–Trinajstić information content (AvgIpc) is 3.01. The molecule has 1 aromatic carbocycles. The number of hydrogen-bond acceptors (Lipinski definition) is 5. The molecule has 1 atom stereocenters. The average molecular weight is 317 g/mol. The van der Waals surface area contributed by atoms with Gasteiger partial charge in [-0.2, -0.15) is 0 Å². The fourth-order valence-corrected chi connectivity index (χ4v) is 3.30. The van der Waals surface area contributed by atoms with E-state index in [9.17, 15) is 4.79 Å². The lowest BCUT2D eigenvalue weighted by Gasteiger charge is -2.26. The van der Waals surface area contributed by atoms with Crippen molar-refractivity contribution in [3.8, 4) is 0 Å². The second kappa shape index (κ2) is 6.96. The van der Waals surface area contributed by atoms with Crippen LogP contribution in [-0.4, -0.2) is 21.9 Å². The van der Waals surface area contributed by atoms with Gasteiger partial charge >= 0.3 is 0 Å². The molecule has 22 heavy (non-hydrogen) atoms. The van der Waals surface area contributed by atoms with E-state index in [0.717, 1.165) is 19.3 Å². The zero-order chi connectivity index (χ0) is 15.4. The zero-order valence-corrected chi connectivity index (χ0v) is 13.4. The van der Waals surface area contributed by atoms with Gasteiger partial charge in [-0.3, -0.25) is 4.79 Å². The van der Waals surface area contributed by atoms with Crippen LogP contribution in [0.25, 0.3) is 0 Å². The van der Waals surface area contributed by atoms with Crippen molar-refractivity contribution in [1.82, 2.24) is 15.5 Å². The SMILES string of the molecule is CCc1nnc(SCC(=O)N[C@H]2CCCc3ccccc32)o1. The minimum atomic E-state index is 0.00273. The Morgan fingerprint density at radius 1 is 1.41 bits per heavy atom. The van der Waals surface area contributed by atoms with Crippen molar-refractivity contribution >= 4 is 17.7 Å². The third-order valence-corrected chi connectivity index (χ3v) is 4.60. The van der Waals surface area contributed by atoms with Gasteiger partial charge in [0.2, 0.25) is 11.8 Å². The predicted octanol–water partition coefficient (Wildman–Crippen LogP) is 2.92. The van der Waals surface area contributed by atoms with Crippen molar-refractivity contribution in [3.63, 3.8) is 0 Å². The van der Waals surface area contributed by atoms with Crippen LogP contribution >= 0.6 is 11.8 Å². The summed E-state index contributed by atoms with van der Waals surface area (Å²) in [4.78, 5) is 12.1. The lowest BCUT2D eigenvalue weighted by Crippen LogP contribution is -2.32. The number of carbonyl (C=O) groups is 1. The number of nitrogens with zero attached hydrogens (tertiary/aromatic N) is 2. The quantitative estimate of drug-likeness (QED) is 0.859. The second-order valence-corrected chi connectivity index (χ2v) is 6.24. The van der Waals surface area contributed by atoms with E-state index >= 15 is 0 Å². The number of aromatic nitrogens is 2. The predicted molar refractivity (Wildman–Crippen MR) is 84.7 cm³/mol. The first-order valence-corrected chi connectivity index (χ1v) is 8.57. The molecule has 1 amide bonds. The minimum absolute atomic E-state index is 0.00273. The molecule has 2 aromatic rings. The maximum Gasteiger partial charge on any atom is 0.277 e. The monoisotopic (exact) mass is 317 g/mol. The maximum absolute atomic E-state index is 12.1. The van der Waals surface area contributed by atoms with Crippen LogP contribution in [0, 0.1) is 0 Å². The van der Waals surface area contributed by atoms with Crippen molar-refractivity contribution in [2.45, 2.75) is 43.9 Å². The molecule has 0 aliphatic heterocycles. The van der Waals surface area contributed by atoms with E-state index in [2.05, 4.69) is 33.7 Å². The third-order valence-electron chi connectivity index (χ3n) is 3.78. The molecule has 0 radical (unpaired) electrons. The summed E-state index contributed by atoms with van der Waals surface area (Å²) in [5.74, 6) is 0.899. The summed E-state index contributed by atoms with van der Waals surface area (Å²) < 4.78 is 5.39. The van der Waals surface area contributed by atoms with E-state index in [1.54, 1.807) is 0 Å². The molecule has 0 spiro atoms. The van der Waals surface area contributed by atoms with Crippen molar-refractivity contribution in [1.29, 1.82) is 0 Å². The van der Waals surface area contributed by atoms with Gasteiger partial charge in [-0.1, -0.05) is 43.0 Å². The molecule has 0 fully saturated rings. The molecule has 0 saturated heterocycles. The summed E-state index contributed by atoms with van der Waals surface area (Å²) in [5, 5.41) is 11.4. The highest BCUT2D eigenvalue weighted by molar-refractivity contribution is 7.99. The van der Waals surface area contributed by atoms with E-state index in [-0.39, 0.29) is 11.9 Å². The van der Waals surface area contributed by atoms with Crippen molar-refractivity contribution < 1.29 is 9.21 Å². The van der Waals surface area contributed by atoms with Gasteiger partial charge in [0.05, 0.1) is 11.8 Å². The third kappa shape index (κ3) is 3.50. The van der Waals surface area contributed by atoms with Gasteiger partial charge in [-0.05, 0) is 30.4 Å². The van der Waals surface area contributed by atoms with Gasteiger partial charge in [0, 0.05) is 6.42 Å². The molecule has 116 valence electrons. The van der Waals surface area contributed by atoms with Gasteiger partial charge in [0.15, 0.2) is 0 Å². The lowest BCUT2D eigenvalue weighted by atomic mass is 9.88. The molecule has 1 N–H and O–H groups in total. The highest BCUT2D eigenvalue weighted by atomic mass is 32.2. The maximum atomic E-state index is 12.1. The summed E-state index contributed by atoms with van der Waals surface area (Å²) in [6, 6.07) is 8.46. The first-order valence-electron chi connectivity index (χ1n) is 7.58. The van der Waals surface area contributed by atoms with Crippen LogP contribution in [0.2, 0.25) is 0 Å². The van der Waals surface area contributed by atoms with E-state index in [4.69, 9.17) is 4.42 Å². The largest absolute Gasteiger partial charge is 0.416 e. The highest BCUT2D eigenvalue weighted by Gasteiger charge is 2.21. The van der Waals surface area contributed by atoms with Gasteiger partial charge in [0.1, 0.15) is 0 Å². The molecule has 1 heterocycles. The molecule has 0 unspecified atom stereocenters. The Labute approximate surface area is 133 Å². The van der Waals surface area contributed by atoms with Gasteiger partial charge in [-0.15, -0.1) is 10.2 Å². The number of benzene rings is 1. The normalized spacial score (nSPS) is 17.0. The van der Waals surface area contributed by atoms with Gasteiger partial charge < -0.3 is 9.73 Å². The minimum Gasteiger partial charge on any atom is -0.416 e. The number of aryl methyl sites for hydroxylation is 2. The number of nitrogens with one attached hydrogen (secondary N) is 1. The first-order chi connectivity index (χ1) is 10.8. The summed E-state index contributed by atoms with van der Waals surface area (Å²) in [7, 11) is 0. The molecule has 5 nitrogen and oxygen atoms in total. The molecule has 0 bridgehead atoms. The van der Waals surface area contributed by atoms with E-state index < -0.39 is 0 Å². The fourth-order valence-electron chi connectivity index (χ4n) is 2.71. The van der Waals surface area contributed by atoms with Crippen LogP contribution in [-0.2, 0) is 17.6 Å². The fraction of sp³-hybridized carbons (Fsp3) is 0.438. The van der Waals surface area contributed by atoms with E-state index in [1.165, 1.54) is 22.9 Å². The molecule has 1 aliphatic rings. The Morgan fingerprint density at radius 2 is 2.27 bits per heavy atom. The van der Waals surface area contributed by atoms with Crippen LogP contribution in [0.4, 0.5) is 0 Å². The highest BCUT2D eigenvalue weighted by Crippen LogP contribution is 2.29. The molecule has 0 saturated carbocycles. The zero-order valence-electron chi connectivity index (χ0n) is 12.5. The smallest absolute Gasteiger partial charge is 0.277 e. The van der Waals surface area contributed by atoms with Gasteiger partial charge in [0.25, 0.3) is 5.22 Å². The molecule has 1 aromatic heterocycles. The van der Waals surface area contributed by atoms with Crippen molar-refractivity contribution in [2.24, 2.45) is 0 Å². The Bertz CT molecular complexity index is 656. The number of carbonyl (C=O) groups excluding carboxylic acids is 1. The van der Waals surface area contributed by atoms with Crippen LogP contribution in [0.15, 0.2) is 33.9 Å². The summed E-state index contributed by atoms with van der Waals surface area (Å²) >= 11 is 1.28. The summed E-state index contributed by atoms with van der Waals surface area (Å²) in [5.41, 5.74) is 2.59. The molecular weight excluding hydrogens is 298 g/mol. The lowest BCUT2D eigenvalue weighted by molar-refractivity contribution is -0.119. The second-order valence-electron chi connectivity index (χ2n) is 5.32. The Morgan fingerprint density at radius 3 is 3.09 bits per heavy atom. The van der Waals surface area contributed by atoms with Crippen molar-refractivity contribution in [3.05, 3.63) is 41.3 Å². The molecule has 6 heteroatoms. The standard InChI is InChI=1S/C16H19N3O2S/c1-2-15-18-19-16(21-15)22-10-14(20)17-13-9-5-7-11-6-3-4-8-12(11)13/h3-4,6,8,13H,2,5,7,9-10H2,1H3,(H,17,20)/t13-/m0/s1. The number of amides is 1. The number of rotatable bonds is 5. The van der Waals surface area contributed by atoms with Crippen LogP contribution in [0.1, 0.15) is 42.8 Å².